The average Bonchev–Trinajstić information content (AvgIpc) is 2.89. The number of aryl methyl sites for hydroxylation is 1. The van der Waals surface area contributed by atoms with E-state index in [1.807, 2.05) is 78.6 Å². The lowest BCUT2D eigenvalue weighted by Gasteiger charge is -2.29. The molecule has 32 heavy (non-hydrogen) atoms. The minimum Gasteiger partial charge on any atom is -0.359 e. The molecule has 0 N–H and O–H groups in total. The van der Waals surface area contributed by atoms with Crippen molar-refractivity contribution in [3.63, 3.8) is 0 Å². The van der Waals surface area contributed by atoms with Crippen molar-refractivity contribution < 1.29 is 9.47 Å². The molecule has 1 aromatic carbocycles. The number of hydrogen-bond acceptors (Lipinski definition) is 6. The lowest BCUT2D eigenvalue weighted by molar-refractivity contribution is -0.00272. The zero-order valence-corrected chi connectivity index (χ0v) is 22.3. The fourth-order valence-electron chi connectivity index (χ4n) is 2.86. The van der Waals surface area contributed by atoms with Crippen molar-refractivity contribution in [3.8, 4) is 0 Å². The van der Waals surface area contributed by atoms with Gasteiger partial charge in [0.15, 0.2) is 0 Å². The van der Waals surface area contributed by atoms with Gasteiger partial charge in [0.2, 0.25) is 5.95 Å². The Balaban J connectivity index is 0. The van der Waals surface area contributed by atoms with Gasteiger partial charge in [-0.2, -0.15) is 4.98 Å². The number of anilines is 3. The van der Waals surface area contributed by atoms with Crippen LogP contribution >= 0.6 is 0 Å². The van der Waals surface area contributed by atoms with Crippen molar-refractivity contribution in [1.29, 1.82) is 0 Å². The van der Waals surface area contributed by atoms with Gasteiger partial charge in [0.05, 0.1) is 0 Å². The largest absolute Gasteiger partial charge is 0.359 e. The molecular weight excluding hydrogens is 400 g/mol. The van der Waals surface area contributed by atoms with Crippen molar-refractivity contribution in [1.82, 2.24) is 9.97 Å². The highest BCUT2D eigenvalue weighted by molar-refractivity contribution is 5.58. The van der Waals surface area contributed by atoms with Crippen LogP contribution in [0.4, 0.5) is 17.5 Å². The number of methoxy groups -OCH3 is 2. The molecule has 0 amide bonds. The Morgan fingerprint density at radius 3 is 1.84 bits per heavy atom. The molecular formula is C26H48N4O2. The highest BCUT2D eigenvalue weighted by Gasteiger charge is 2.15. The van der Waals surface area contributed by atoms with Crippen LogP contribution in [0.2, 0.25) is 0 Å². The van der Waals surface area contributed by atoms with Gasteiger partial charge in [0, 0.05) is 51.8 Å². The van der Waals surface area contributed by atoms with Crippen LogP contribution in [0.3, 0.4) is 0 Å². The van der Waals surface area contributed by atoms with Gasteiger partial charge in [0.25, 0.3) is 0 Å². The van der Waals surface area contributed by atoms with E-state index in [-0.39, 0.29) is 0 Å². The fourth-order valence-corrected chi connectivity index (χ4v) is 2.86. The van der Waals surface area contributed by atoms with Gasteiger partial charge in [-0.3, -0.25) is 0 Å². The quantitative estimate of drug-likeness (QED) is 0.466. The van der Waals surface area contributed by atoms with E-state index >= 15 is 0 Å². The van der Waals surface area contributed by atoms with Gasteiger partial charge in [-0.1, -0.05) is 59.7 Å². The molecule has 6 nitrogen and oxygen atoms in total. The molecule has 0 saturated carbocycles. The number of ether oxygens (including phenoxy) is 2. The standard InChI is InChI=1S/C17H22N4.C3H8O2.3C2H6/c1-14-13-16(21-11-7-4-8-12-21)19-17(18-14)20(2)15-9-5-3-6-10-15;1-4-3-5-2;3*1-2/h3,5-6,9-10,13H,4,7-8,11-12H2,1-2H3;3H2,1-2H3;3*1-2H3. The first kappa shape index (κ1) is 32.0. The molecule has 0 spiro atoms. The van der Waals surface area contributed by atoms with E-state index in [1.54, 1.807) is 14.2 Å². The molecule has 2 aromatic rings. The lowest BCUT2D eigenvalue weighted by Crippen LogP contribution is -2.30. The fraction of sp³-hybridized carbons (Fsp3) is 0.615. The Morgan fingerprint density at radius 1 is 0.844 bits per heavy atom. The average molecular weight is 449 g/mol. The maximum atomic E-state index is 4.77. The maximum Gasteiger partial charge on any atom is 0.231 e. The first-order valence-electron chi connectivity index (χ1n) is 12.0. The van der Waals surface area contributed by atoms with Crippen molar-refractivity contribution in [2.75, 3.05) is 50.9 Å². The third kappa shape index (κ3) is 12.6. The summed E-state index contributed by atoms with van der Waals surface area (Å²) in [5.41, 5.74) is 2.12. The second kappa shape index (κ2) is 22.0. The number of piperidine rings is 1. The molecule has 184 valence electrons. The minimum atomic E-state index is 0.389. The molecule has 0 bridgehead atoms. The van der Waals surface area contributed by atoms with E-state index in [9.17, 15) is 0 Å². The zero-order chi connectivity index (χ0) is 24.8. The van der Waals surface area contributed by atoms with Gasteiger partial charge in [0.1, 0.15) is 12.6 Å². The van der Waals surface area contributed by atoms with Crippen molar-refractivity contribution in [3.05, 3.63) is 42.1 Å². The van der Waals surface area contributed by atoms with Gasteiger partial charge in [-0.05, 0) is 38.3 Å². The Hall–Kier alpha value is -2.18. The number of aromatic nitrogens is 2. The highest BCUT2D eigenvalue weighted by atomic mass is 16.6. The summed E-state index contributed by atoms with van der Waals surface area (Å²) in [6.45, 7) is 16.6. The van der Waals surface area contributed by atoms with Gasteiger partial charge < -0.3 is 19.3 Å². The van der Waals surface area contributed by atoms with Gasteiger partial charge >= 0.3 is 0 Å². The van der Waals surface area contributed by atoms with E-state index < -0.39 is 0 Å². The molecule has 1 saturated heterocycles. The molecule has 1 fully saturated rings. The second-order valence-electron chi connectivity index (χ2n) is 6.31. The third-order valence-corrected chi connectivity index (χ3v) is 4.19. The van der Waals surface area contributed by atoms with Crippen molar-refractivity contribution >= 4 is 17.5 Å². The van der Waals surface area contributed by atoms with Crippen molar-refractivity contribution in [2.45, 2.75) is 67.7 Å². The number of hydrogen-bond donors (Lipinski definition) is 0. The number of nitrogens with zero attached hydrogens (tertiary/aromatic N) is 4. The third-order valence-electron chi connectivity index (χ3n) is 4.19. The highest BCUT2D eigenvalue weighted by Crippen LogP contribution is 2.24. The summed E-state index contributed by atoms with van der Waals surface area (Å²) < 4.78 is 8.94. The van der Waals surface area contributed by atoms with E-state index in [2.05, 4.69) is 37.6 Å². The summed E-state index contributed by atoms with van der Waals surface area (Å²) in [6, 6.07) is 12.3. The molecule has 2 heterocycles. The lowest BCUT2D eigenvalue weighted by atomic mass is 10.1. The van der Waals surface area contributed by atoms with Crippen LogP contribution in [0.1, 0.15) is 66.5 Å². The molecule has 0 atom stereocenters. The first-order chi connectivity index (χ1) is 15.7. The molecule has 1 aliphatic heterocycles. The molecule has 6 heteroatoms. The molecule has 3 rings (SSSR count). The summed E-state index contributed by atoms with van der Waals surface area (Å²) in [7, 11) is 5.19. The van der Waals surface area contributed by atoms with E-state index in [4.69, 9.17) is 4.98 Å². The Kier molecular flexibility index (Phi) is 22.0. The van der Waals surface area contributed by atoms with Crippen LogP contribution in [0.25, 0.3) is 0 Å². The minimum absolute atomic E-state index is 0.389. The smallest absolute Gasteiger partial charge is 0.231 e. The predicted octanol–water partition coefficient (Wildman–Crippen LogP) is 6.86. The van der Waals surface area contributed by atoms with Gasteiger partial charge in [-0.25, -0.2) is 4.98 Å². The molecule has 1 aromatic heterocycles. The normalized spacial score (nSPS) is 11.8. The SMILES string of the molecule is CC.CC.CC.COCOC.Cc1cc(N2CCCCC2)nc(N(C)c2ccccc2)n1. The summed E-state index contributed by atoms with van der Waals surface area (Å²) in [6.07, 6.45) is 3.84. The summed E-state index contributed by atoms with van der Waals surface area (Å²) in [5.74, 6) is 1.82. The van der Waals surface area contributed by atoms with Crippen LogP contribution in [0.5, 0.6) is 0 Å². The monoisotopic (exact) mass is 448 g/mol. The van der Waals surface area contributed by atoms with E-state index in [0.717, 1.165) is 36.2 Å². The second-order valence-corrected chi connectivity index (χ2v) is 6.31. The Labute approximate surface area is 198 Å². The summed E-state index contributed by atoms with van der Waals surface area (Å²) in [5, 5.41) is 0. The van der Waals surface area contributed by atoms with Gasteiger partial charge in [-0.15, -0.1) is 0 Å². The Bertz CT molecular complexity index is 646. The van der Waals surface area contributed by atoms with E-state index in [1.165, 1.54) is 19.3 Å². The van der Waals surface area contributed by atoms with Crippen LogP contribution < -0.4 is 9.80 Å². The maximum absolute atomic E-state index is 4.77. The summed E-state index contributed by atoms with van der Waals surface area (Å²) >= 11 is 0. The van der Waals surface area contributed by atoms with Crippen LogP contribution in [0.15, 0.2) is 36.4 Å². The molecule has 0 aliphatic carbocycles. The predicted molar refractivity (Wildman–Crippen MR) is 140 cm³/mol. The molecule has 1 aliphatic rings. The number of rotatable bonds is 5. The summed E-state index contributed by atoms with van der Waals surface area (Å²) in [4.78, 5) is 13.8. The van der Waals surface area contributed by atoms with E-state index in [0.29, 0.717) is 6.79 Å². The van der Waals surface area contributed by atoms with Crippen LogP contribution in [-0.2, 0) is 9.47 Å². The zero-order valence-electron chi connectivity index (χ0n) is 22.3. The Morgan fingerprint density at radius 2 is 1.38 bits per heavy atom. The number of para-hydroxylation sites is 1. The topological polar surface area (TPSA) is 50.7 Å². The number of benzene rings is 1. The van der Waals surface area contributed by atoms with Crippen molar-refractivity contribution in [2.24, 2.45) is 0 Å². The van der Waals surface area contributed by atoms with Crippen LogP contribution in [-0.4, -0.2) is 51.1 Å². The molecule has 0 unspecified atom stereocenters. The molecule has 0 radical (unpaired) electrons. The first-order valence-corrected chi connectivity index (χ1v) is 12.0. The van der Waals surface area contributed by atoms with Crippen LogP contribution in [0, 0.1) is 6.92 Å².